The number of rotatable bonds is 5. The van der Waals surface area contributed by atoms with Gasteiger partial charge in [-0.3, -0.25) is 0 Å². The second-order valence-corrected chi connectivity index (χ2v) is 5.74. The number of hydrogen-bond donors (Lipinski definition) is 3. The third-order valence-corrected chi connectivity index (χ3v) is 3.80. The van der Waals surface area contributed by atoms with Gasteiger partial charge in [-0.2, -0.15) is 0 Å². The molecule has 1 rings (SSSR count). The van der Waals surface area contributed by atoms with Gasteiger partial charge in [-0.25, -0.2) is 9.59 Å². The largest absolute Gasteiger partial charge is 0.480 e. The van der Waals surface area contributed by atoms with Gasteiger partial charge in [0.15, 0.2) is 0 Å². The number of amides is 2. The Morgan fingerprint density at radius 2 is 1.83 bits per heavy atom. The van der Waals surface area contributed by atoms with Gasteiger partial charge >= 0.3 is 12.0 Å². The normalized spacial score (nSPS) is 18.9. The predicted molar refractivity (Wildman–Crippen MR) is 66.2 cm³/mol. The summed E-state index contributed by atoms with van der Waals surface area (Å²) in [4.78, 5) is 24.7. The second kappa shape index (κ2) is 4.76. The fourth-order valence-electron chi connectivity index (χ4n) is 1.68. The van der Waals surface area contributed by atoms with Gasteiger partial charge in [-0.15, -0.1) is 0 Å². The Bertz CT molecular complexity index is 352. The van der Waals surface area contributed by atoms with Crippen LogP contribution in [0.2, 0.25) is 0 Å². The molecule has 0 aromatic heterocycles. The molecule has 0 heterocycles. The van der Waals surface area contributed by atoms with Crippen LogP contribution in [-0.4, -0.2) is 51.8 Å². The maximum Gasteiger partial charge on any atom is 0.329 e. The first-order valence-corrected chi connectivity index (χ1v) is 6.05. The molecule has 6 nitrogen and oxygen atoms in total. The fourth-order valence-corrected chi connectivity index (χ4v) is 1.68. The summed E-state index contributed by atoms with van der Waals surface area (Å²) < 4.78 is 0. The van der Waals surface area contributed by atoms with Crippen molar-refractivity contribution < 1.29 is 19.8 Å². The maximum absolute atomic E-state index is 12.0. The lowest BCUT2D eigenvalue weighted by Gasteiger charge is -2.37. The Labute approximate surface area is 107 Å². The van der Waals surface area contributed by atoms with Crippen LogP contribution in [0.5, 0.6) is 0 Å². The first-order chi connectivity index (χ1) is 8.15. The Morgan fingerprint density at radius 1 is 1.33 bits per heavy atom. The van der Waals surface area contributed by atoms with Crippen LogP contribution in [0.25, 0.3) is 0 Å². The maximum atomic E-state index is 12.0. The minimum atomic E-state index is -1.23. The van der Waals surface area contributed by atoms with Crippen LogP contribution in [0.3, 0.4) is 0 Å². The molecule has 0 spiro atoms. The van der Waals surface area contributed by atoms with E-state index in [0.29, 0.717) is 0 Å². The van der Waals surface area contributed by atoms with E-state index in [1.54, 1.807) is 20.9 Å². The van der Waals surface area contributed by atoms with Crippen LogP contribution < -0.4 is 5.32 Å². The summed E-state index contributed by atoms with van der Waals surface area (Å²) in [5.74, 6) is -1.03. The number of carbonyl (C=O) groups excluding carboxylic acids is 1. The Balaban J connectivity index is 2.77. The number of carboxylic acids is 1. The Kier molecular flexibility index (Phi) is 3.90. The zero-order valence-corrected chi connectivity index (χ0v) is 11.4. The molecule has 1 saturated carbocycles. The number of aliphatic hydroxyl groups is 1. The summed E-state index contributed by atoms with van der Waals surface area (Å²) >= 11 is 0. The first kappa shape index (κ1) is 14.8. The molecule has 3 N–H and O–H groups in total. The quantitative estimate of drug-likeness (QED) is 0.675. The molecule has 6 heteroatoms. The van der Waals surface area contributed by atoms with E-state index in [-0.39, 0.29) is 12.5 Å². The lowest BCUT2D eigenvalue weighted by atomic mass is 9.96. The van der Waals surface area contributed by atoms with Crippen molar-refractivity contribution in [2.24, 2.45) is 5.92 Å². The number of nitrogens with one attached hydrogen (secondary N) is 1. The minimum absolute atomic E-state index is 0.00964. The predicted octanol–water partition coefficient (Wildman–Crippen LogP) is 0.652. The van der Waals surface area contributed by atoms with E-state index in [1.807, 2.05) is 0 Å². The van der Waals surface area contributed by atoms with Crippen LogP contribution >= 0.6 is 0 Å². The molecular weight excluding hydrogens is 236 g/mol. The lowest BCUT2D eigenvalue weighted by Crippen LogP contribution is -2.60. The molecule has 1 unspecified atom stereocenters. The van der Waals surface area contributed by atoms with E-state index in [1.165, 1.54) is 11.8 Å². The number of aliphatic hydroxyl groups excluding tert-OH is 1. The van der Waals surface area contributed by atoms with Gasteiger partial charge in [0.25, 0.3) is 0 Å². The van der Waals surface area contributed by atoms with Crippen molar-refractivity contribution in [3.63, 3.8) is 0 Å². The highest BCUT2D eigenvalue weighted by atomic mass is 16.4. The number of urea groups is 1. The van der Waals surface area contributed by atoms with Crippen molar-refractivity contribution in [3.05, 3.63) is 0 Å². The summed E-state index contributed by atoms with van der Waals surface area (Å²) in [6, 6.07) is -0.481. The molecule has 18 heavy (non-hydrogen) atoms. The molecule has 104 valence electrons. The summed E-state index contributed by atoms with van der Waals surface area (Å²) in [7, 11) is 1.54. The third kappa shape index (κ3) is 2.75. The first-order valence-electron chi connectivity index (χ1n) is 6.05. The topological polar surface area (TPSA) is 89.9 Å². The molecule has 1 fully saturated rings. The third-order valence-electron chi connectivity index (χ3n) is 3.80. The Morgan fingerprint density at radius 3 is 2.17 bits per heavy atom. The van der Waals surface area contributed by atoms with Crippen molar-refractivity contribution >= 4 is 12.0 Å². The van der Waals surface area contributed by atoms with E-state index in [4.69, 9.17) is 0 Å². The summed E-state index contributed by atoms with van der Waals surface area (Å²) in [6.07, 6.45) is 1.63. The van der Waals surface area contributed by atoms with E-state index >= 15 is 0 Å². The van der Waals surface area contributed by atoms with Crippen LogP contribution in [0.4, 0.5) is 4.79 Å². The molecule has 0 aliphatic heterocycles. The van der Waals surface area contributed by atoms with E-state index < -0.39 is 23.1 Å². The van der Waals surface area contributed by atoms with Gasteiger partial charge in [0.2, 0.25) is 0 Å². The van der Waals surface area contributed by atoms with Gasteiger partial charge < -0.3 is 20.4 Å². The fraction of sp³-hybridized carbons (Fsp3) is 0.833. The average Bonchev–Trinajstić information content (AvgIpc) is 3.11. The molecule has 2 amide bonds. The van der Waals surface area contributed by atoms with Gasteiger partial charge in [-0.05, 0) is 39.5 Å². The summed E-state index contributed by atoms with van der Waals surface area (Å²) in [5, 5.41) is 21.0. The summed E-state index contributed by atoms with van der Waals surface area (Å²) in [6.45, 7) is 4.76. The highest BCUT2D eigenvalue weighted by Crippen LogP contribution is 2.39. The highest BCUT2D eigenvalue weighted by Gasteiger charge is 2.49. The molecule has 0 aromatic rings. The number of hydrogen-bond acceptors (Lipinski definition) is 3. The molecule has 0 radical (unpaired) electrons. The van der Waals surface area contributed by atoms with Crippen molar-refractivity contribution in [2.75, 3.05) is 13.7 Å². The number of likely N-dealkylation sites (N-methyl/N-ethyl adjacent to an activating group) is 1. The molecule has 1 atom stereocenters. The van der Waals surface area contributed by atoms with Gasteiger partial charge in [0, 0.05) is 7.05 Å². The number of carboxylic acid groups (broad SMARTS) is 1. The monoisotopic (exact) mass is 258 g/mol. The van der Waals surface area contributed by atoms with Crippen LogP contribution in [0, 0.1) is 5.92 Å². The standard InChI is InChI=1S/C12H22N2O4/c1-11(2,7-15)14(4)10(18)13-12(3,9(16)17)8-5-6-8/h8,15H,5-7H2,1-4H3,(H,13,18)(H,16,17). The zero-order chi connectivity index (χ0) is 14.1. The molecule has 0 bridgehead atoms. The molecule has 1 aliphatic rings. The highest BCUT2D eigenvalue weighted by molar-refractivity contribution is 5.86. The van der Waals surface area contributed by atoms with Crippen LogP contribution in [0.15, 0.2) is 0 Å². The number of carbonyl (C=O) groups is 2. The SMILES string of the molecule is CN(C(=O)NC(C)(C(=O)O)C1CC1)C(C)(C)CO. The molecule has 1 aliphatic carbocycles. The number of nitrogens with zero attached hydrogens (tertiary/aromatic N) is 1. The van der Waals surface area contributed by atoms with Crippen molar-refractivity contribution in [1.82, 2.24) is 10.2 Å². The minimum Gasteiger partial charge on any atom is -0.480 e. The lowest BCUT2D eigenvalue weighted by molar-refractivity contribution is -0.144. The molecule has 0 aromatic carbocycles. The average molecular weight is 258 g/mol. The molecule has 0 saturated heterocycles. The van der Waals surface area contributed by atoms with Gasteiger partial charge in [0.05, 0.1) is 12.1 Å². The smallest absolute Gasteiger partial charge is 0.329 e. The van der Waals surface area contributed by atoms with E-state index in [0.717, 1.165) is 12.8 Å². The van der Waals surface area contributed by atoms with Crippen LogP contribution in [-0.2, 0) is 4.79 Å². The second-order valence-electron chi connectivity index (χ2n) is 5.74. The Hall–Kier alpha value is -1.30. The van der Waals surface area contributed by atoms with Crippen molar-refractivity contribution in [2.45, 2.75) is 44.7 Å². The van der Waals surface area contributed by atoms with Crippen molar-refractivity contribution in [3.8, 4) is 0 Å². The zero-order valence-electron chi connectivity index (χ0n) is 11.4. The van der Waals surface area contributed by atoms with E-state index in [9.17, 15) is 19.8 Å². The summed E-state index contributed by atoms with van der Waals surface area (Å²) in [5.41, 5.74) is -1.95. The van der Waals surface area contributed by atoms with Crippen molar-refractivity contribution in [1.29, 1.82) is 0 Å². The number of aliphatic carboxylic acids is 1. The van der Waals surface area contributed by atoms with Crippen LogP contribution in [0.1, 0.15) is 33.6 Å². The van der Waals surface area contributed by atoms with E-state index in [2.05, 4.69) is 5.32 Å². The van der Waals surface area contributed by atoms with Gasteiger partial charge in [0.1, 0.15) is 5.54 Å². The molecular formula is C12H22N2O4. The van der Waals surface area contributed by atoms with Gasteiger partial charge in [-0.1, -0.05) is 0 Å².